The number of allylic oxidation sites excluding steroid dienone is 2. The zero-order valence-electron chi connectivity index (χ0n) is 14.4. The normalized spacial score (nSPS) is 30.2. The van der Waals surface area contributed by atoms with Crippen molar-refractivity contribution in [2.75, 3.05) is 11.9 Å². The third-order valence-corrected chi connectivity index (χ3v) is 6.64. The SMILES string of the molecule is O=C(Nc1nccs1)C1CC=CC2CCN(C3CCCCC3)C(=O)C21. The summed E-state index contributed by atoms with van der Waals surface area (Å²) in [6.45, 7) is 0.843. The van der Waals surface area contributed by atoms with Crippen LogP contribution in [0.3, 0.4) is 0 Å². The molecule has 0 spiro atoms. The number of nitrogens with zero attached hydrogens (tertiary/aromatic N) is 2. The van der Waals surface area contributed by atoms with Gasteiger partial charge in [0.15, 0.2) is 5.13 Å². The van der Waals surface area contributed by atoms with Crippen molar-refractivity contribution in [3.63, 3.8) is 0 Å². The quantitative estimate of drug-likeness (QED) is 0.841. The van der Waals surface area contributed by atoms with Gasteiger partial charge in [-0.1, -0.05) is 31.4 Å². The third kappa shape index (κ3) is 3.36. The van der Waals surface area contributed by atoms with Crippen LogP contribution in [-0.4, -0.2) is 34.3 Å². The van der Waals surface area contributed by atoms with Crippen LogP contribution in [0, 0.1) is 17.8 Å². The Morgan fingerprint density at radius 1 is 1.24 bits per heavy atom. The zero-order chi connectivity index (χ0) is 17.2. The number of carbonyl (C=O) groups excluding carboxylic acids is 2. The van der Waals surface area contributed by atoms with Crippen molar-refractivity contribution in [1.82, 2.24) is 9.88 Å². The lowest BCUT2D eigenvalue weighted by molar-refractivity contribution is -0.149. The number of nitrogens with one attached hydrogen (secondary N) is 1. The minimum absolute atomic E-state index is 0.0619. The first-order valence-corrected chi connectivity index (χ1v) is 10.3. The first-order valence-electron chi connectivity index (χ1n) is 9.41. The summed E-state index contributed by atoms with van der Waals surface area (Å²) in [6, 6.07) is 0.385. The molecular formula is C19H25N3O2S. The number of hydrogen-bond donors (Lipinski definition) is 1. The molecule has 4 rings (SSSR count). The van der Waals surface area contributed by atoms with Gasteiger partial charge in [0.2, 0.25) is 11.8 Å². The molecular weight excluding hydrogens is 334 g/mol. The van der Waals surface area contributed by atoms with E-state index in [2.05, 4.69) is 27.4 Å². The van der Waals surface area contributed by atoms with Crippen molar-refractivity contribution in [2.45, 2.75) is 51.0 Å². The van der Waals surface area contributed by atoms with Gasteiger partial charge in [0.25, 0.3) is 0 Å². The second-order valence-electron chi connectivity index (χ2n) is 7.40. The van der Waals surface area contributed by atoms with E-state index >= 15 is 0 Å². The number of rotatable bonds is 3. The van der Waals surface area contributed by atoms with E-state index in [1.54, 1.807) is 6.20 Å². The summed E-state index contributed by atoms with van der Waals surface area (Å²) >= 11 is 1.41. The van der Waals surface area contributed by atoms with E-state index in [9.17, 15) is 9.59 Å². The first kappa shape index (κ1) is 16.8. The summed E-state index contributed by atoms with van der Waals surface area (Å²) in [5.74, 6) is -0.147. The molecule has 3 atom stereocenters. The second kappa shape index (κ2) is 7.28. The molecule has 2 fully saturated rings. The average Bonchev–Trinajstić information content (AvgIpc) is 3.15. The molecule has 0 bridgehead atoms. The maximum atomic E-state index is 13.3. The Morgan fingerprint density at radius 3 is 2.84 bits per heavy atom. The van der Waals surface area contributed by atoms with Gasteiger partial charge in [-0.2, -0.15) is 0 Å². The molecule has 1 aliphatic heterocycles. The number of thiazole rings is 1. The molecule has 2 amide bonds. The molecule has 3 aliphatic rings. The maximum Gasteiger partial charge on any atom is 0.230 e. The van der Waals surface area contributed by atoms with E-state index in [0.717, 1.165) is 25.8 Å². The van der Waals surface area contributed by atoms with Crippen molar-refractivity contribution < 1.29 is 9.59 Å². The Labute approximate surface area is 152 Å². The molecule has 1 saturated heterocycles. The summed E-state index contributed by atoms with van der Waals surface area (Å²) in [5.41, 5.74) is 0. The van der Waals surface area contributed by atoms with Crippen molar-refractivity contribution >= 4 is 28.3 Å². The second-order valence-corrected chi connectivity index (χ2v) is 8.29. The number of carbonyl (C=O) groups is 2. The van der Waals surface area contributed by atoms with E-state index in [1.807, 2.05) is 5.38 Å². The number of piperidine rings is 1. The van der Waals surface area contributed by atoms with Crippen LogP contribution in [0.1, 0.15) is 44.9 Å². The highest BCUT2D eigenvalue weighted by molar-refractivity contribution is 7.13. The Morgan fingerprint density at radius 2 is 2.08 bits per heavy atom. The van der Waals surface area contributed by atoms with Crippen LogP contribution < -0.4 is 5.32 Å². The van der Waals surface area contributed by atoms with Gasteiger partial charge < -0.3 is 10.2 Å². The molecule has 6 heteroatoms. The van der Waals surface area contributed by atoms with Crippen LogP contribution in [0.5, 0.6) is 0 Å². The molecule has 2 heterocycles. The van der Waals surface area contributed by atoms with Crippen LogP contribution in [0.15, 0.2) is 23.7 Å². The summed E-state index contributed by atoms with van der Waals surface area (Å²) in [5, 5.41) is 5.36. The Kier molecular flexibility index (Phi) is 4.88. The molecule has 0 aromatic carbocycles. The van der Waals surface area contributed by atoms with E-state index in [0.29, 0.717) is 17.6 Å². The lowest BCUT2D eigenvalue weighted by Crippen LogP contribution is -2.54. The van der Waals surface area contributed by atoms with Gasteiger partial charge in [-0.25, -0.2) is 4.98 Å². The van der Waals surface area contributed by atoms with Gasteiger partial charge >= 0.3 is 0 Å². The highest BCUT2D eigenvalue weighted by atomic mass is 32.1. The molecule has 1 aromatic rings. The molecule has 25 heavy (non-hydrogen) atoms. The minimum atomic E-state index is -0.280. The van der Waals surface area contributed by atoms with Crippen LogP contribution in [-0.2, 0) is 9.59 Å². The number of fused-ring (bicyclic) bond motifs is 1. The van der Waals surface area contributed by atoms with Crippen molar-refractivity contribution in [1.29, 1.82) is 0 Å². The molecule has 3 unspecified atom stereocenters. The van der Waals surface area contributed by atoms with Gasteiger partial charge in [0.05, 0.1) is 11.8 Å². The van der Waals surface area contributed by atoms with Crippen molar-refractivity contribution in [3.8, 4) is 0 Å². The van der Waals surface area contributed by atoms with E-state index < -0.39 is 0 Å². The topological polar surface area (TPSA) is 62.3 Å². The van der Waals surface area contributed by atoms with Crippen molar-refractivity contribution in [2.24, 2.45) is 17.8 Å². The fraction of sp³-hybridized carbons (Fsp3) is 0.632. The fourth-order valence-corrected chi connectivity index (χ4v) is 5.23. The highest BCUT2D eigenvalue weighted by Crippen LogP contribution is 2.40. The van der Waals surface area contributed by atoms with Crippen molar-refractivity contribution in [3.05, 3.63) is 23.7 Å². The zero-order valence-corrected chi connectivity index (χ0v) is 15.2. The predicted molar refractivity (Wildman–Crippen MR) is 98.2 cm³/mol. The molecule has 5 nitrogen and oxygen atoms in total. The Balaban J connectivity index is 1.51. The summed E-state index contributed by atoms with van der Waals surface area (Å²) in [7, 11) is 0. The average molecular weight is 359 g/mol. The van der Waals surface area contributed by atoms with Crippen LogP contribution in [0.2, 0.25) is 0 Å². The summed E-state index contributed by atoms with van der Waals surface area (Å²) in [4.78, 5) is 32.3. The first-order chi connectivity index (χ1) is 12.2. The summed E-state index contributed by atoms with van der Waals surface area (Å²) in [6.07, 6.45) is 13.5. The number of likely N-dealkylation sites (tertiary alicyclic amines) is 1. The fourth-order valence-electron chi connectivity index (χ4n) is 4.69. The Bertz CT molecular complexity index is 652. The van der Waals surface area contributed by atoms with E-state index in [1.165, 1.54) is 30.6 Å². The standard InChI is InChI=1S/C19H25N3O2S/c23-17(21-19-20-10-12-25-19)15-8-4-5-13-9-11-22(18(24)16(13)15)14-6-2-1-3-7-14/h4-5,10,12-16H,1-3,6-9,11H2,(H,20,21,23). The molecule has 1 N–H and O–H groups in total. The predicted octanol–water partition coefficient (Wildman–Crippen LogP) is 3.46. The monoisotopic (exact) mass is 359 g/mol. The minimum Gasteiger partial charge on any atom is -0.339 e. The van der Waals surface area contributed by atoms with Crippen LogP contribution >= 0.6 is 11.3 Å². The molecule has 2 aliphatic carbocycles. The number of amides is 2. The molecule has 1 aromatic heterocycles. The highest BCUT2D eigenvalue weighted by Gasteiger charge is 2.46. The van der Waals surface area contributed by atoms with Gasteiger partial charge in [-0.15, -0.1) is 11.3 Å². The largest absolute Gasteiger partial charge is 0.339 e. The summed E-state index contributed by atoms with van der Waals surface area (Å²) < 4.78 is 0. The van der Waals surface area contributed by atoms with Crippen LogP contribution in [0.25, 0.3) is 0 Å². The van der Waals surface area contributed by atoms with Gasteiger partial charge in [0.1, 0.15) is 0 Å². The molecule has 0 radical (unpaired) electrons. The Hall–Kier alpha value is -1.69. The lowest BCUT2D eigenvalue weighted by atomic mass is 9.70. The van der Waals surface area contributed by atoms with Gasteiger partial charge in [-0.3, -0.25) is 9.59 Å². The molecule has 134 valence electrons. The van der Waals surface area contributed by atoms with E-state index in [4.69, 9.17) is 0 Å². The smallest absolute Gasteiger partial charge is 0.230 e. The van der Waals surface area contributed by atoms with E-state index in [-0.39, 0.29) is 29.6 Å². The third-order valence-electron chi connectivity index (χ3n) is 5.95. The van der Waals surface area contributed by atoms with Crippen LogP contribution in [0.4, 0.5) is 5.13 Å². The number of hydrogen-bond acceptors (Lipinski definition) is 4. The molecule has 1 saturated carbocycles. The maximum absolute atomic E-state index is 13.3. The van der Waals surface area contributed by atoms with Gasteiger partial charge in [-0.05, 0) is 31.6 Å². The number of aromatic nitrogens is 1. The number of anilines is 1. The van der Waals surface area contributed by atoms with Gasteiger partial charge in [0, 0.05) is 24.2 Å². The lowest BCUT2D eigenvalue weighted by Gasteiger charge is -2.45.